The van der Waals surface area contributed by atoms with Gasteiger partial charge in [0.05, 0.1) is 12.7 Å². The zero-order valence-corrected chi connectivity index (χ0v) is 14.6. The first-order valence-corrected chi connectivity index (χ1v) is 9.37. The molecule has 24 heavy (non-hydrogen) atoms. The van der Waals surface area contributed by atoms with Crippen molar-refractivity contribution in [3.8, 4) is 11.5 Å². The van der Waals surface area contributed by atoms with Crippen LogP contribution in [0.2, 0.25) is 5.15 Å². The second-order valence-electron chi connectivity index (χ2n) is 5.39. The quantitative estimate of drug-likeness (QED) is 0.601. The number of carbonyl (C=O) groups is 1. The molecule has 3 heterocycles. The third-order valence-corrected chi connectivity index (χ3v) is 4.68. The molecule has 0 bridgehead atoms. The number of nitrogens with zero attached hydrogens (tertiary/aromatic N) is 3. The Kier molecular flexibility index (Phi) is 5.23. The van der Waals surface area contributed by atoms with Gasteiger partial charge in [-0.3, -0.25) is 4.79 Å². The van der Waals surface area contributed by atoms with E-state index in [0.717, 1.165) is 6.42 Å². The average molecular weight is 366 g/mol. The molecule has 1 amide bonds. The summed E-state index contributed by atoms with van der Waals surface area (Å²) in [6, 6.07) is 6.70. The molecule has 0 spiro atoms. The van der Waals surface area contributed by atoms with Crippen molar-refractivity contribution >= 4 is 28.7 Å². The predicted molar refractivity (Wildman–Crippen MR) is 90.5 cm³/mol. The van der Waals surface area contributed by atoms with Gasteiger partial charge in [0.1, 0.15) is 22.9 Å². The first-order valence-electron chi connectivity index (χ1n) is 7.43. The summed E-state index contributed by atoms with van der Waals surface area (Å²) in [6.45, 7) is 1.07. The van der Waals surface area contributed by atoms with Crippen molar-refractivity contribution in [2.75, 3.05) is 12.8 Å². The number of amides is 1. The maximum absolute atomic E-state index is 11.8. The first-order chi connectivity index (χ1) is 11.5. The summed E-state index contributed by atoms with van der Waals surface area (Å²) in [6.07, 6.45) is 4.50. The standard InChI is InChI=1S/C16H16ClN3O3S/c1-24(22)15-7-4-11(9-18-15)23-13-5-6-14(17)19-12(13)10-20-8-2-3-16(20)21/h4-7,9H,2-3,8,10H2,1H3. The molecule has 0 N–H and O–H groups in total. The molecule has 126 valence electrons. The topological polar surface area (TPSA) is 78.4 Å². The molecule has 3 rings (SSSR count). The van der Waals surface area contributed by atoms with E-state index in [1.807, 2.05) is 0 Å². The minimum absolute atomic E-state index is 0.110. The zero-order chi connectivity index (χ0) is 17.1. The predicted octanol–water partition coefficient (Wildman–Crippen LogP) is 2.78. The monoisotopic (exact) mass is 365 g/mol. The van der Waals surface area contributed by atoms with E-state index in [4.69, 9.17) is 16.3 Å². The molecule has 0 radical (unpaired) electrons. The molecule has 6 nitrogen and oxygen atoms in total. The fourth-order valence-corrected chi connectivity index (χ4v) is 3.07. The molecule has 1 saturated heterocycles. The molecule has 0 aliphatic carbocycles. The Morgan fingerprint density at radius 1 is 1.38 bits per heavy atom. The normalized spacial score (nSPS) is 15.6. The second-order valence-corrected chi connectivity index (χ2v) is 7.10. The highest BCUT2D eigenvalue weighted by molar-refractivity contribution is 7.90. The molecule has 1 aliphatic heterocycles. The molecule has 8 heteroatoms. The number of rotatable bonds is 5. The van der Waals surface area contributed by atoms with Crippen LogP contribution in [0.3, 0.4) is 0 Å². The summed E-state index contributed by atoms with van der Waals surface area (Å²) in [5.74, 6) is 1.13. The summed E-state index contributed by atoms with van der Waals surface area (Å²) in [4.78, 5) is 22.0. The Morgan fingerprint density at radius 2 is 2.21 bits per heavy atom. The van der Waals surface area contributed by atoms with Crippen molar-refractivity contribution in [2.24, 2.45) is 0 Å². The van der Waals surface area contributed by atoms with Gasteiger partial charge in [-0.2, -0.15) is 0 Å². The van der Waals surface area contributed by atoms with E-state index >= 15 is 0 Å². The van der Waals surface area contributed by atoms with Crippen LogP contribution >= 0.6 is 11.6 Å². The Hall–Kier alpha value is -1.83. The molecule has 2 aromatic rings. The summed E-state index contributed by atoms with van der Waals surface area (Å²) in [5, 5.41) is 0.832. The highest BCUT2D eigenvalue weighted by Crippen LogP contribution is 2.28. The van der Waals surface area contributed by atoms with Gasteiger partial charge in [0.25, 0.3) is 0 Å². The molecular weight excluding hydrogens is 350 g/mol. The molecule has 1 fully saturated rings. The Bertz CT molecular complexity index is 740. The third kappa shape index (κ3) is 3.98. The van der Waals surface area contributed by atoms with Gasteiger partial charge in [-0.05, 0) is 24.6 Å². The van der Waals surface area contributed by atoms with Crippen molar-refractivity contribution < 1.29 is 14.1 Å². The highest BCUT2D eigenvalue weighted by atomic mass is 35.5. The van der Waals surface area contributed by atoms with E-state index in [1.54, 1.807) is 35.4 Å². The maximum Gasteiger partial charge on any atom is 0.244 e. The zero-order valence-electron chi connectivity index (χ0n) is 13.1. The highest BCUT2D eigenvalue weighted by Gasteiger charge is 2.22. The van der Waals surface area contributed by atoms with Gasteiger partial charge >= 0.3 is 0 Å². The number of hydrogen-bond acceptors (Lipinski definition) is 5. The fourth-order valence-electron chi connectivity index (χ4n) is 2.44. The van der Waals surface area contributed by atoms with Crippen LogP contribution in [0.25, 0.3) is 0 Å². The van der Waals surface area contributed by atoms with E-state index in [1.165, 1.54) is 6.20 Å². The molecule has 0 aromatic carbocycles. The van der Waals surface area contributed by atoms with Gasteiger partial charge < -0.3 is 14.2 Å². The second kappa shape index (κ2) is 7.38. The lowest BCUT2D eigenvalue weighted by molar-refractivity contribution is -0.128. The number of carbonyl (C=O) groups excluding carboxylic acids is 1. The van der Waals surface area contributed by atoms with Crippen LogP contribution in [-0.2, 0) is 22.5 Å². The molecule has 1 atom stereocenters. The van der Waals surface area contributed by atoms with Gasteiger partial charge in [0.2, 0.25) is 10.9 Å². The van der Waals surface area contributed by atoms with Crippen LogP contribution in [-0.4, -0.2) is 38.1 Å². The molecule has 2 aromatic heterocycles. The van der Waals surface area contributed by atoms with E-state index in [2.05, 4.69) is 9.97 Å². The Morgan fingerprint density at radius 3 is 2.83 bits per heavy atom. The van der Waals surface area contributed by atoms with Gasteiger partial charge in [0.15, 0.2) is 5.75 Å². The van der Waals surface area contributed by atoms with E-state index in [-0.39, 0.29) is 5.91 Å². The number of likely N-dealkylation sites (tertiary alicyclic amines) is 1. The van der Waals surface area contributed by atoms with Crippen molar-refractivity contribution in [1.82, 2.24) is 14.9 Å². The van der Waals surface area contributed by atoms with Gasteiger partial charge in [-0.15, -0.1) is 0 Å². The fraction of sp³-hybridized carbons (Fsp3) is 0.312. The number of ether oxygens (including phenoxy) is 1. The van der Waals surface area contributed by atoms with Gasteiger partial charge in [-0.1, -0.05) is 11.6 Å². The minimum atomic E-state index is -1.14. The van der Waals surface area contributed by atoms with E-state index in [0.29, 0.717) is 46.9 Å². The van der Waals surface area contributed by atoms with Crippen molar-refractivity contribution in [1.29, 1.82) is 0 Å². The van der Waals surface area contributed by atoms with Crippen LogP contribution in [0.5, 0.6) is 11.5 Å². The van der Waals surface area contributed by atoms with E-state index < -0.39 is 11.2 Å². The summed E-state index contributed by atoms with van der Waals surface area (Å²) >= 11 is 4.84. The van der Waals surface area contributed by atoms with E-state index in [9.17, 15) is 9.35 Å². The third-order valence-electron chi connectivity index (χ3n) is 3.64. The number of hydrogen-bond donors (Lipinski definition) is 0. The van der Waals surface area contributed by atoms with Crippen molar-refractivity contribution in [3.63, 3.8) is 0 Å². The first kappa shape index (κ1) is 17.0. The molecular formula is C16H16ClN3O3S. The SMILES string of the molecule is C[S+]([O-])c1ccc(Oc2ccc(Cl)nc2CN2CCCC2=O)cn1. The molecule has 0 saturated carbocycles. The van der Waals surface area contributed by atoms with Crippen molar-refractivity contribution in [3.05, 3.63) is 41.3 Å². The van der Waals surface area contributed by atoms with Crippen LogP contribution in [0.15, 0.2) is 35.5 Å². The van der Waals surface area contributed by atoms with Crippen LogP contribution in [0.4, 0.5) is 0 Å². The number of halogens is 1. The largest absolute Gasteiger partial charge is 0.610 e. The maximum atomic E-state index is 11.8. The molecule has 1 unspecified atom stereocenters. The van der Waals surface area contributed by atoms with Crippen LogP contribution in [0, 0.1) is 0 Å². The lowest BCUT2D eigenvalue weighted by Gasteiger charge is -2.17. The minimum Gasteiger partial charge on any atom is -0.610 e. The van der Waals surface area contributed by atoms with Gasteiger partial charge in [0, 0.05) is 30.2 Å². The molecule has 1 aliphatic rings. The lowest BCUT2D eigenvalue weighted by atomic mass is 10.3. The Labute approximate surface area is 148 Å². The van der Waals surface area contributed by atoms with Crippen molar-refractivity contribution in [2.45, 2.75) is 24.4 Å². The summed E-state index contributed by atoms with van der Waals surface area (Å²) < 4.78 is 17.2. The Balaban J connectivity index is 1.80. The lowest BCUT2D eigenvalue weighted by Crippen LogP contribution is -2.24. The number of pyridine rings is 2. The average Bonchev–Trinajstić information content (AvgIpc) is 2.95. The van der Waals surface area contributed by atoms with Gasteiger partial charge in [-0.25, -0.2) is 9.97 Å². The number of aromatic nitrogens is 2. The summed E-state index contributed by atoms with van der Waals surface area (Å²) in [7, 11) is 0. The van der Waals surface area contributed by atoms with Crippen LogP contribution < -0.4 is 4.74 Å². The smallest absolute Gasteiger partial charge is 0.244 e. The summed E-state index contributed by atoms with van der Waals surface area (Å²) in [5.41, 5.74) is 0.598. The van der Waals surface area contributed by atoms with Crippen LogP contribution in [0.1, 0.15) is 18.5 Å².